The summed E-state index contributed by atoms with van der Waals surface area (Å²) in [6.45, 7) is 3.12. The monoisotopic (exact) mass is 292 g/mol. The van der Waals surface area contributed by atoms with E-state index in [1.54, 1.807) is 7.05 Å². The molecule has 1 aliphatic rings. The van der Waals surface area contributed by atoms with Crippen molar-refractivity contribution in [1.29, 1.82) is 0 Å². The van der Waals surface area contributed by atoms with E-state index in [2.05, 4.69) is 11.9 Å². The second-order valence-electron chi connectivity index (χ2n) is 5.86. The number of amides is 1. The molecule has 116 valence electrons. The third-order valence-electron chi connectivity index (χ3n) is 4.07. The molecule has 1 atom stereocenters. The summed E-state index contributed by atoms with van der Waals surface area (Å²) >= 11 is 0. The first-order chi connectivity index (χ1) is 9.95. The van der Waals surface area contributed by atoms with Gasteiger partial charge in [0, 0.05) is 19.2 Å². The Kier molecular flexibility index (Phi) is 4.77. The first-order valence-corrected chi connectivity index (χ1v) is 7.44. The lowest BCUT2D eigenvalue weighted by molar-refractivity contribution is -0.137. The van der Waals surface area contributed by atoms with E-state index in [1.807, 2.05) is 23.9 Å². The van der Waals surface area contributed by atoms with Crippen LogP contribution in [0.3, 0.4) is 0 Å². The summed E-state index contributed by atoms with van der Waals surface area (Å²) in [4.78, 5) is 32.8. The van der Waals surface area contributed by atoms with Crippen LogP contribution in [0, 0.1) is 0 Å². The van der Waals surface area contributed by atoms with Crippen LogP contribution in [-0.2, 0) is 24.8 Å². The lowest BCUT2D eigenvalue weighted by atomic mass is 10.0. The molecule has 2 heterocycles. The summed E-state index contributed by atoms with van der Waals surface area (Å²) in [5.41, 5.74) is 1.50. The van der Waals surface area contributed by atoms with Crippen LogP contribution >= 0.6 is 0 Å². The van der Waals surface area contributed by atoms with Gasteiger partial charge in [0.2, 0.25) is 5.91 Å². The Hall–Kier alpha value is -1.69. The van der Waals surface area contributed by atoms with Crippen LogP contribution in [0.15, 0.2) is 11.1 Å². The van der Waals surface area contributed by atoms with Crippen LogP contribution in [0.2, 0.25) is 0 Å². The van der Waals surface area contributed by atoms with Crippen LogP contribution in [0.4, 0.5) is 0 Å². The summed E-state index contributed by atoms with van der Waals surface area (Å²) in [5, 5.41) is 0. The number of hydrogen-bond acceptors (Lipinski definition) is 4. The maximum absolute atomic E-state index is 12.7. The van der Waals surface area contributed by atoms with Crippen LogP contribution in [-0.4, -0.2) is 51.9 Å². The highest BCUT2D eigenvalue weighted by Crippen LogP contribution is 2.16. The van der Waals surface area contributed by atoms with Gasteiger partial charge in [-0.1, -0.05) is 13.3 Å². The molecule has 2 rings (SSSR count). The van der Waals surface area contributed by atoms with E-state index >= 15 is 0 Å². The van der Waals surface area contributed by atoms with E-state index < -0.39 is 0 Å². The number of nitrogens with zero attached hydrogens (tertiary/aromatic N) is 4. The van der Waals surface area contributed by atoms with Crippen molar-refractivity contribution in [2.24, 2.45) is 7.05 Å². The number of carbonyl (C=O) groups excluding carboxylic acids is 1. The minimum absolute atomic E-state index is 0.00446. The fraction of sp³-hybridized carbons (Fsp3) is 0.667. The number of likely N-dealkylation sites (N-methyl/N-ethyl adjacent to an activating group) is 1. The van der Waals surface area contributed by atoms with Gasteiger partial charge in [0.1, 0.15) is 0 Å². The molecule has 21 heavy (non-hydrogen) atoms. The molecule has 1 amide bonds. The SMILES string of the molecule is CCC[C@@H](C(=O)N1CCc2c(ncn(C)c2=O)C1)N(C)C. The molecule has 0 bridgehead atoms. The average Bonchev–Trinajstić information content (AvgIpc) is 2.47. The molecule has 1 aromatic rings. The van der Waals surface area contributed by atoms with Gasteiger partial charge in [0.25, 0.3) is 5.56 Å². The molecule has 0 saturated carbocycles. The van der Waals surface area contributed by atoms with Gasteiger partial charge in [-0.3, -0.25) is 14.5 Å². The molecular formula is C15H24N4O2. The summed E-state index contributed by atoms with van der Waals surface area (Å²) in [7, 11) is 5.57. The molecule has 0 spiro atoms. The third-order valence-corrected chi connectivity index (χ3v) is 4.07. The topological polar surface area (TPSA) is 58.4 Å². The minimum atomic E-state index is -0.0944. The van der Waals surface area contributed by atoms with Gasteiger partial charge in [-0.2, -0.15) is 0 Å². The molecule has 0 saturated heterocycles. The molecule has 0 aliphatic carbocycles. The molecule has 0 aromatic carbocycles. The minimum Gasteiger partial charge on any atom is -0.335 e. The van der Waals surface area contributed by atoms with Crippen molar-refractivity contribution in [2.45, 2.75) is 38.8 Å². The number of hydrogen-bond donors (Lipinski definition) is 0. The van der Waals surface area contributed by atoms with Gasteiger partial charge in [0.15, 0.2) is 0 Å². The molecule has 0 fully saturated rings. The van der Waals surface area contributed by atoms with E-state index in [1.165, 1.54) is 10.9 Å². The van der Waals surface area contributed by atoms with Gasteiger partial charge in [-0.05, 0) is 26.9 Å². The van der Waals surface area contributed by atoms with Crippen molar-refractivity contribution < 1.29 is 4.79 Å². The van der Waals surface area contributed by atoms with Crippen LogP contribution < -0.4 is 5.56 Å². The van der Waals surface area contributed by atoms with Crippen LogP contribution in [0.25, 0.3) is 0 Å². The average molecular weight is 292 g/mol. The largest absolute Gasteiger partial charge is 0.335 e. The van der Waals surface area contributed by atoms with Crippen molar-refractivity contribution in [3.05, 3.63) is 27.9 Å². The Bertz CT molecular complexity index is 580. The Morgan fingerprint density at radius 1 is 1.48 bits per heavy atom. The van der Waals surface area contributed by atoms with Crippen molar-refractivity contribution in [3.63, 3.8) is 0 Å². The number of aromatic nitrogens is 2. The molecule has 6 heteroatoms. The van der Waals surface area contributed by atoms with Crippen molar-refractivity contribution >= 4 is 5.91 Å². The zero-order valence-electron chi connectivity index (χ0n) is 13.3. The smallest absolute Gasteiger partial charge is 0.256 e. The standard InChI is InChI=1S/C15H24N4O2/c1-5-6-13(17(2)3)15(21)19-8-7-11-12(9-19)16-10-18(4)14(11)20/h10,13H,5-9H2,1-4H3/t13-/m0/s1. The van der Waals surface area contributed by atoms with Crippen LogP contribution in [0.1, 0.15) is 31.0 Å². The molecule has 0 radical (unpaired) electrons. The van der Waals surface area contributed by atoms with Crippen LogP contribution in [0.5, 0.6) is 0 Å². The van der Waals surface area contributed by atoms with E-state index in [0.29, 0.717) is 19.5 Å². The first kappa shape index (κ1) is 15.7. The molecule has 1 aliphatic heterocycles. The Labute approximate surface area is 125 Å². The summed E-state index contributed by atoms with van der Waals surface area (Å²) in [6, 6.07) is -0.0944. The normalized spacial score (nSPS) is 16.0. The van der Waals surface area contributed by atoms with Gasteiger partial charge in [-0.25, -0.2) is 4.98 Å². The predicted molar refractivity (Wildman–Crippen MR) is 81.0 cm³/mol. The van der Waals surface area contributed by atoms with Gasteiger partial charge >= 0.3 is 0 Å². The highest BCUT2D eigenvalue weighted by atomic mass is 16.2. The molecule has 0 unspecified atom stereocenters. The lowest BCUT2D eigenvalue weighted by Crippen LogP contribution is -2.48. The fourth-order valence-corrected chi connectivity index (χ4v) is 2.79. The number of carbonyl (C=O) groups is 1. The Morgan fingerprint density at radius 3 is 2.81 bits per heavy atom. The lowest BCUT2D eigenvalue weighted by Gasteiger charge is -2.33. The Balaban J connectivity index is 2.19. The molecular weight excluding hydrogens is 268 g/mol. The number of fused-ring (bicyclic) bond motifs is 1. The first-order valence-electron chi connectivity index (χ1n) is 7.44. The van der Waals surface area contributed by atoms with E-state index in [9.17, 15) is 9.59 Å². The molecule has 1 aromatic heterocycles. The van der Waals surface area contributed by atoms with Gasteiger partial charge < -0.3 is 9.47 Å². The number of aryl methyl sites for hydroxylation is 1. The maximum Gasteiger partial charge on any atom is 0.256 e. The van der Waals surface area contributed by atoms with Gasteiger partial charge in [-0.15, -0.1) is 0 Å². The highest BCUT2D eigenvalue weighted by Gasteiger charge is 2.29. The zero-order chi connectivity index (χ0) is 15.6. The predicted octanol–water partition coefficient (Wildman–Crippen LogP) is 0.395. The molecule has 6 nitrogen and oxygen atoms in total. The summed E-state index contributed by atoms with van der Waals surface area (Å²) < 4.78 is 1.50. The zero-order valence-corrected chi connectivity index (χ0v) is 13.3. The Morgan fingerprint density at radius 2 is 2.19 bits per heavy atom. The van der Waals surface area contributed by atoms with Gasteiger partial charge in [0.05, 0.1) is 24.6 Å². The van der Waals surface area contributed by atoms with E-state index in [-0.39, 0.29) is 17.5 Å². The van der Waals surface area contributed by atoms with Crippen molar-refractivity contribution in [3.8, 4) is 0 Å². The maximum atomic E-state index is 12.7. The second kappa shape index (κ2) is 6.39. The quantitative estimate of drug-likeness (QED) is 0.806. The molecule has 0 N–H and O–H groups in total. The third kappa shape index (κ3) is 3.15. The summed E-state index contributed by atoms with van der Waals surface area (Å²) in [5.74, 6) is 0.134. The van der Waals surface area contributed by atoms with Crippen molar-refractivity contribution in [2.75, 3.05) is 20.6 Å². The summed E-state index contributed by atoms with van der Waals surface area (Å²) in [6.07, 6.45) is 3.94. The second-order valence-corrected chi connectivity index (χ2v) is 5.86. The van der Waals surface area contributed by atoms with E-state index in [4.69, 9.17) is 0 Å². The fourth-order valence-electron chi connectivity index (χ4n) is 2.79. The number of rotatable bonds is 4. The van der Waals surface area contributed by atoms with Crippen molar-refractivity contribution in [1.82, 2.24) is 19.4 Å². The highest BCUT2D eigenvalue weighted by molar-refractivity contribution is 5.82. The van der Waals surface area contributed by atoms with E-state index in [0.717, 1.165) is 24.1 Å².